The van der Waals surface area contributed by atoms with Crippen LogP contribution in [0.25, 0.3) is 0 Å². The number of rotatable bonds is 8. The highest BCUT2D eigenvalue weighted by molar-refractivity contribution is 6.30. The highest BCUT2D eigenvalue weighted by atomic mass is 35.5. The number of halogens is 1. The van der Waals surface area contributed by atoms with E-state index in [2.05, 4.69) is 28.9 Å². The summed E-state index contributed by atoms with van der Waals surface area (Å²) in [5, 5.41) is 11.3. The standard InChI is InChI=1S/C26H39ClN2O2/c1-19-2-3-23(27)13-25(19)29-7-5-28(6-8-29)17-24(30)18-31-9-4-26-14-20-10-21(15-26)12-22(11-20)16-26/h2-3,13,20-22,24,30H,4-12,14-18H2,1H3/t20?,21?,22?,24-,26?/m1/s1. The van der Waals surface area contributed by atoms with Crippen LogP contribution in [0.5, 0.6) is 0 Å². The Balaban J connectivity index is 1.01. The third kappa shape index (κ3) is 5.08. The molecule has 172 valence electrons. The molecule has 0 radical (unpaired) electrons. The molecule has 31 heavy (non-hydrogen) atoms. The Morgan fingerprint density at radius 2 is 1.71 bits per heavy atom. The van der Waals surface area contributed by atoms with Gasteiger partial charge in [-0.3, -0.25) is 4.90 Å². The van der Waals surface area contributed by atoms with Crippen molar-refractivity contribution in [2.45, 2.75) is 58.0 Å². The maximum absolute atomic E-state index is 10.5. The fraction of sp³-hybridized carbons (Fsp3) is 0.769. The number of β-amino-alcohol motifs (C(OH)–C–C–N with tert-alkyl or cyclic N) is 1. The number of ether oxygens (including phenoxy) is 1. The number of aliphatic hydroxyl groups is 1. The number of nitrogens with zero attached hydrogens (tertiary/aromatic N) is 2. The van der Waals surface area contributed by atoms with E-state index in [9.17, 15) is 5.11 Å². The molecule has 4 nitrogen and oxygen atoms in total. The van der Waals surface area contributed by atoms with Crippen molar-refractivity contribution in [1.29, 1.82) is 0 Å². The highest BCUT2D eigenvalue weighted by Gasteiger charge is 2.50. The van der Waals surface area contributed by atoms with E-state index < -0.39 is 6.10 Å². The third-order valence-electron chi connectivity index (χ3n) is 8.61. The van der Waals surface area contributed by atoms with Crippen LogP contribution in [0.3, 0.4) is 0 Å². The molecule has 0 aromatic heterocycles. The summed E-state index contributed by atoms with van der Waals surface area (Å²) in [6.45, 7) is 8.03. The first kappa shape index (κ1) is 22.0. The molecule has 1 aromatic carbocycles. The van der Waals surface area contributed by atoms with Gasteiger partial charge < -0.3 is 14.7 Å². The van der Waals surface area contributed by atoms with Crippen LogP contribution in [-0.4, -0.2) is 62.0 Å². The minimum Gasteiger partial charge on any atom is -0.389 e. The second kappa shape index (κ2) is 9.21. The fourth-order valence-corrected chi connectivity index (χ4v) is 7.72. The molecular formula is C26H39ClN2O2. The Bertz CT molecular complexity index is 726. The van der Waals surface area contributed by atoms with Gasteiger partial charge in [-0.25, -0.2) is 0 Å². The van der Waals surface area contributed by atoms with Gasteiger partial charge in [0.05, 0.1) is 12.7 Å². The number of anilines is 1. The van der Waals surface area contributed by atoms with E-state index in [4.69, 9.17) is 16.3 Å². The maximum Gasteiger partial charge on any atom is 0.0900 e. The van der Waals surface area contributed by atoms with E-state index in [1.807, 2.05) is 6.07 Å². The van der Waals surface area contributed by atoms with Crippen LogP contribution in [0.1, 0.15) is 50.5 Å². The van der Waals surface area contributed by atoms with Gasteiger partial charge in [-0.1, -0.05) is 17.7 Å². The minimum atomic E-state index is -0.393. The van der Waals surface area contributed by atoms with Gasteiger partial charge >= 0.3 is 0 Å². The van der Waals surface area contributed by atoms with E-state index in [1.165, 1.54) is 56.2 Å². The molecular weight excluding hydrogens is 408 g/mol. The molecule has 1 aliphatic heterocycles. The fourth-order valence-electron chi connectivity index (χ4n) is 7.55. The van der Waals surface area contributed by atoms with E-state index >= 15 is 0 Å². The first-order valence-electron chi connectivity index (χ1n) is 12.5. The summed E-state index contributed by atoms with van der Waals surface area (Å²) in [6, 6.07) is 6.11. The van der Waals surface area contributed by atoms with Crippen molar-refractivity contribution in [3.8, 4) is 0 Å². The lowest BCUT2D eigenvalue weighted by Crippen LogP contribution is -2.49. The van der Waals surface area contributed by atoms with Crippen LogP contribution in [0.15, 0.2) is 18.2 Å². The van der Waals surface area contributed by atoms with Crippen LogP contribution in [-0.2, 0) is 4.74 Å². The topological polar surface area (TPSA) is 35.9 Å². The molecule has 6 rings (SSSR count). The quantitative estimate of drug-likeness (QED) is 0.584. The van der Waals surface area contributed by atoms with E-state index in [0.717, 1.165) is 55.6 Å². The van der Waals surface area contributed by atoms with Gasteiger partial charge in [0.1, 0.15) is 0 Å². The predicted molar refractivity (Wildman–Crippen MR) is 127 cm³/mol. The summed E-state index contributed by atoms with van der Waals surface area (Å²) in [5.41, 5.74) is 3.08. The third-order valence-corrected chi connectivity index (χ3v) is 8.84. The second-order valence-electron chi connectivity index (χ2n) is 11.1. The number of aryl methyl sites for hydroxylation is 1. The summed E-state index contributed by atoms with van der Waals surface area (Å²) in [7, 11) is 0. The normalized spacial score (nSPS) is 33.8. The van der Waals surface area contributed by atoms with Gasteiger partial charge in [0.25, 0.3) is 0 Å². The highest BCUT2D eigenvalue weighted by Crippen LogP contribution is 2.61. The van der Waals surface area contributed by atoms with Gasteiger partial charge in [-0.05, 0) is 92.7 Å². The Hall–Kier alpha value is -0.810. The van der Waals surface area contributed by atoms with E-state index in [0.29, 0.717) is 18.6 Å². The molecule has 0 spiro atoms. The van der Waals surface area contributed by atoms with Crippen LogP contribution in [0, 0.1) is 30.1 Å². The Morgan fingerprint density at radius 3 is 2.35 bits per heavy atom. The lowest BCUT2D eigenvalue weighted by atomic mass is 9.49. The molecule has 1 saturated heterocycles. The number of hydrogen-bond donors (Lipinski definition) is 1. The molecule has 1 aromatic rings. The molecule has 5 aliphatic rings. The Morgan fingerprint density at radius 1 is 1.06 bits per heavy atom. The monoisotopic (exact) mass is 446 g/mol. The number of hydrogen-bond acceptors (Lipinski definition) is 4. The van der Waals surface area contributed by atoms with E-state index in [-0.39, 0.29) is 0 Å². The first-order valence-corrected chi connectivity index (χ1v) is 12.9. The van der Waals surface area contributed by atoms with Crippen LogP contribution in [0.4, 0.5) is 5.69 Å². The van der Waals surface area contributed by atoms with Gasteiger partial charge in [0, 0.05) is 50.0 Å². The smallest absolute Gasteiger partial charge is 0.0900 e. The van der Waals surface area contributed by atoms with Gasteiger partial charge in [-0.15, -0.1) is 0 Å². The maximum atomic E-state index is 10.5. The lowest BCUT2D eigenvalue weighted by molar-refractivity contribution is -0.0741. The number of benzene rings is 1. The zero-order valence-electron chi connectivity index (χ0n) is 19.1. The largest absolute Gasteiger partial charge is 0.389 e. The van der Waals surface area contributed by atoms with Gasteiger partial charge in [0.2, 0.25) is 0 Å². The van der Waals surface area contributed by atoms with Gasteiger partial charge in [0.15, 0.2) is 0 Å². The summed E-state index contributed by atoms with van der Waals surface area (Å²) in [5.74, 6) is 3.02. The average molecular weight is 447 g/mol. The van der Waals surface area contributed by atoms with Gasteiger partial charge in [-0.2, -0.15) is 0 Å². The minimum absolute atomic E-state index is 0.393. The molecule has 5 fully saturated rings. The average Bonchev–Trinajstić information content (AvgIpc) is 2.73. The van der Waals surface area contributed by atoms with Crippen molar-refractivity contribution >= 4 is 17.3 Å². The van der Waals surface area contributed by atoms with E-state index in [1.54, 1.807) is 0 Å². The second-order valence-corrected chi connectivity index (χ2v) is 11.6. The molecule has 1 N–H and O–H groups in total. The van der Waals surface area contributed by atoms with Crippen molar-refractivity contribution in [2.75, 3.05) is 50.8 Å². The summed E-state index contributed by atoms with van der Waals surface area (Å²) in [4.78, 5) is 4.77. The summed E-state index contributed by atoms with van der Waals surface area (Å²) >= 11 is 6.20. The van der Waals surface area contributed by atoms with Crippen LogP contribution >= 0.6 is 11.6 Å². The van der Waals surface area contributed by atoms with Crippen molar-refractivity contribution in [3.05, 3.63) is 28.8 Å². The Labute approximate surface area is 192 Å². The molecule has 4 aliphatic carbocycles. The summed E-state index contributed by atoms with van der Waals surface area (Å²) in [6.07, 6.45) is 9.66. The molecule has 5 heteroatoms. The molecule has 4 saturated carbocycles. The van der Waals surface area contributed by atoms with Crippen molar-refractivity contribution in [3.63, 3.8) is 0 Å². The van der Waals surface area contributed by atoms with Crippen molar-refractivity contribution in [2.24, 2.45) is 23.2 Å². The molecule has 0 unspecified atom stereocenters. The molecule has 1 heterocycles. The zero-order chi connectivity index (χ0) is 21.4. The van der Waals surface area contributed by atoms with Crippen LogP contribution < -0.4 is 4.90 Å². The molecule has 1 atom stereocenters. The van der Waals surface area contributed by atoms with Crippen LogP contribution in [0.2, 0.25) is 5.02 Å². The SMILES string of the molecule is Cc1ccc(Cl)cc1N1CCN(C[C@@H](O)COCCC23CC4CC(CC(C4)C2)C3)CC1. The first-order chi connectivity index (χ1) is 15.0. The Kier molecular flexibility index (Phi) is 6.54. The van der Waals surface area contributed by atoms with Crippen molar-refractivity contribution in [1.82, 2.24) is 4.90 Å². The summed E-state index contributed by atoms with van der Waals surface area (Å²) < 4.78 is 5.99. The zero-order valence-corrected chi connectivity index (χ0v) is 19.8. The molecule has 0 amide bonds. The number of aliphatic hydroxyl groups excluding tert-OH is 1. The lowest BCUT2D eigenvalue weighted by Gasteiger charge is -2.57. The number of piperazine rings is 1. The van der Waals surface area contributed by atoms with Crippen molar-refractivity contribution < 1.29 is 9.84 Å². The predicted octanol–water partition coefficient (Wildman–Crippen LogP) is 4.75. The molecule has 4 bridgehead atoms.